The Kier molecular flexibility index (Phi) is 4.70. The number of nitrogens with zero attached hydrogens (tertiary/aromatic N) is 5. The highest BCUT2D eigenvalue weighted by Crippen LogP contribution is 2.36. The molecule has 0 saturated heterocycles. The van der Waals surface area contributed by atoms with E-state index in [-0.39, 0.29) is 6.10 Å². The Balaban J connectivity index is 1.37. The molecule has 3 aromatic rings. The highest BCUT2D eigenvalue weighted by atomic mass is 35.5. The smallest absolute Gasteiger partial charge is 0.233 e. The van der Waals surface area contributed by atoms with Gasteiger partial charge in [-0.15, -0.1) is 15.3 Å². The van der Waals surface area contributed by atoms with E-state index in [0.717, 1.165) is 54.6 Å². The minimum Gasteiger partial charge on any atom is -0.473 e. The van der Waals surface area contributed by atoms with E-state index in [4.69, 9.17) is 16.3 Å². The summed E-state index contributed by atoms with van der Waals surface area (Å²) in [7, 11) is 0. The largest absolute Gasteiger partial charge is 0.473 e. The third kappa shape index (κ3) is 3.36. The lowest BCUT2D eigenvalue weighted by atomic mass is 9.86. The number of hydrogen-bond acceptors (Lipinski definition) is 6. The molecule has 1 aromatic carbocycles. The Bertz CT molecular complexity index is 968. The van der Waals surface area contributed by atoms with Crippen LogP contribution in [0.15, 0.2) is 36.5 Å². The van der Waals surface area contributed by atoms with E-state index in [9.17, 15) is 0 Å². The third-order valence-corrected chi connectivity index (χ3v) is 5.75. The molecule has 0 unspecified atom stereocenters. The second-order valence-electron chi connectivity index (χ2n) is 7.34. The predicted octanol–water partition coefficient (Wildman–Crippen LogP) is 3.42. The molecule has 1 fully saturated rings. The van der Waals surface area contributed by atoms with Gasteiger partial charge in [0.2, 0.25) is 5.88 Å². The van der Waals surface area contributed by atoms with Gasteiger partial charge in [0.1, 0.15) is 11.9 Å². The molecule has 5 rings (SSSR count). The zero-order valence-corrected chi connectivity index (χ0v) is 16.1. The first-order valence-corrected chi connectivity index (χ1v) is 10.0. The van der Waals surface area contributed by atoms with Gasteiger partial charge in [-0.05, 0) is 55.5 Å². The maximum absolute atomic E-state index is 6.21. The van der Waals surface area contributed by atoms with Gasteiger partial charge in [-0.3, -0.25) is 4.57 Å². The van der Waals surface area contributed by atoms with Gasteiger partial charge in [-0.25, -0.2) is 0 Å². The molecule has 1 saturated carbocycles. The quantitative estimate of drug-likeness (QED) is 0.730. The van der Waals surface area contributed by atoms with Gasteiger partial charge in [-0.2, -0.15) is 5.10 Å². The van der Waals surface area contributed by atoms with E-state index >= 15 is 0 Å². The molecule has 2 aromatic heterocycles. The summed E-state index contributed by atoms with van der Waals surface area (Å²) in [4.78, 5) is 0. The molecule has 0 radical (unpaired) electrons. The Labute approximate surface area is 168 Å². The van der Waals surface area contributed by atoms with Crippen molar-refractivity contribution in [3.05, 3.63) is 58.8 Å². The van der Waals surface area contributed by atoms with Gasteiger partial charge >= 0.3 is 0 Å². The zero-order valence-electron chi connectivity index (χ0n) is 15.4. The first kappa shape index (κ1) is 17.6. The summed E-state index contributed by atoms with van der Waals surface area (Å²) in [6, 6.07) is 9.73. The summed E-state index contributed by atoms with van der Waals surface area (Å²) in [6.45, 7) is 1.47. The summed E-state index contributed by atoms with van der Waals surface area (Å²) in [5.41, 5.74) is 2.30. The van der Waals surface area contributed by atoms with Gasteiger partial charge in [0.05, 0.1) is 12.2 Å². The van der Waals surface area contributed by atoms with Crippen LogP contribution in [0.25, 0.3) is 5.69 Å². The van der Waals surface area contributed by atoms with Gasteiger partial charge in [-0.1, -0.05) is 11.6 Å². The topological polar surface area (TPSA) is 77.8 Å². The molecule has 8 heteroatoms. The van der Waals surface area contributed by atoms with Crippen LogP contribution in [0.5, 0.6) is 5.88 Å². The lowest BCUT2D eigenvalue weighted by molar-refractivity contribution is 0.137. The minimum atomic E-state index is 0.173. The molecule has 28 heavy (non-hydrogen) atoms. The number of aromatic nitrogens is 5. The molecule has 0 spiro atoms. The summed E-state index contributed by atoms with van der Waals surface area (Å²) in [5, 5.41) is 21.1. The van der Waals surface area contributed by atoms with Crippen molar-refractivity contribution in [2.75, 3.05) is 0 Å². The number of ether oxygens (including phenoxy) is 1. The van der Waals surface area contributed by atoms with Gasteiger partial charge in [0.25, 0.3) is 0 Å². The maximum Gasteiger partial charge on any atom is 0.233 e. The molecule has 1 aliphatic heterocycles. The van der Waals surface area contributed by atoms with Crippen molar-refractivity contribution < 1.29 is 4.74 Å². The lowest BCUT2D eigenvalue weighted by Gasteiger charge is -2.28. The zero-order chi connectivity index (χ0) is 18.9. The fourth-order valence-corrected chi connectivity index (χ4v) is 4.35. The first-order chi connectivity index (χ1) is 13.8. The Morgan fingerprint density at radius 3 is 2.75 bits per heavy atom. The molecular formula is C20H21ClN6O. The Hall–Kier alpha value is -2.51. The van der Waals surface area contributed by atoms with E-state index in [2.05, 4.69) is 36.3 Å². The molecule has 0 amide bonds. The fraction of sp³-hybridized carbons (Fsp3) is 0.400. The van der Waals surface area contributed by atoms with E-state index in [1.165, 1.54) is 5.56 Å². The van der Waals surface area contributed by atoms with E-state index in [0.29, 0.717) is 18.3 Å². The van der Waals surface area contributed by atoms with E-state index in [1.807, 2.05) is 24.3 Å². The SMILES string of the molecule is Clc1ccc2c(c1)CNCc1nnc(C3CCC(Oc4cccnn4)CC3)n1-2. The van der Waals surface area contributed by atoms with Gasteiger partial charge < -0.3 is 10.1 Å². The standard InChI is InChI=1S/C20H21ClN6O/c21-15-5-8-17-14(10-15)11-22-12-18-24-26-20(27(17)18)13-3-6-16(7-4-13)28-19-2-1-9-23-25-19/h1-2,5,8-10,13,16,22H,3-4,6-7,11-12H2. The van der Waals surface area contributed by atoms with Crippen molar-refractivity contribution in [2.24, 2.45) is 0 Å². The summed E-state index contributed by atoms with van der Waals surface area (Å²) >= 11 is 6.21. The van der Waals surface area contributed by atoms with Gasteiger partial charge in [0, 0.05) is 29.7 Å². The molecule has 2 aliphatic rings. The van der Waals surface area contributed by atoms with Crippen LogP contribution in [0.4, 0.5) is 0 Å². The Morgan fingerprint density at radius 2 is 1.93 bits per heavy atom. The van der Waals surface area contributed by atoms with Crippen molar-refractivity contribution in [1.29, 1.82) is 0 Å². The summed E-state index contributed by atoms with van der Waals surface area (Å²) < 4.78 is 8.20. The molecule has 144 valence electrons. The van der Waals surface area contributed by atoms with Crippen molar-refractivity contribution in [1.82, 2.24) is 30.3 Å². The minimum absolute atomic E-state index is 0.173. The average Bonchev–Trinajstić information content (AvgIpc) is 3.05. The number of rotatable bonds is 3. The number of hydrogen-bond donors (Lipinski definition) is 1. The highest BCUT2D eigenvalue weighted by Gasteiger charge is 2.30. The van der Waals surface area contributed by atoms with E-state index < -0.39 is 0 Å². The lowest BCUT2D eigenvalue weighted by Crippen LogP contribution is -2.25. The molecule has 3 heterocycles. The van der Waals surface area contributed by atoms with Crippen LogP contribution in [-0.2, 0) is 13.1 Å². The molecule has 1 aliphatic carbocycles. The monoisotopic (exact) mass is 396 g/mol. The Morgan fingerprint density at radius 1 is 1.04 bits per heavy atom. The number of halogens is 1. The molecule has 1 N–H and O–H groups in total. The first-order valence-electron chi connectivity index (χ1n) is 9.66. The third-order valence-electron chi connectivity index (χ3n) is 5.51. The van der Waals surface area contributed by atoms with Crippen LogP contribution in [0.1, 0.15) is 48.8 Å². The van der Waals surface area contributed by atoms with Crippen molar-refractivity contribution >= 4 is 11.6 Å². The van der Waals surface area contributed by atoms with Crippen LogP contribution in [-0.4, -0.2) is 31.1 Å². The molecule has 0 atom stereocenters. The van der Waals surface area contributed by atoms with E-state index in [1.54, 1.807) is 6.20 Å². The predicted molar refractivity (Wildman–Crippen MR) is 105 cm³/mol. The summed E-state index contributed by atoms with van der Waals surface area (Å²) in [5.74, 6) is 2.96. The molecular weight excluding hydrogens is 376 g/mol. The second-order valence-corrected chi connectivity index (χ2v) is 7.78. The maximum atomic E-state index is 6.21. The average molecular weight is 397 g/mol. The van der Waals surface area contributed by atoms with Crippen LogP contribution < -0.4 is 10.1 Å². The second kappa shape index (κ2) is 7.48. The van der Waals surface area contributed by atoms with Gasteiger partial charge in [0.15, 0.2) is 5.82 Å². The van der Waals surface area contributed by atoms with Crippen LogP contribution in [0.2, 0.25) is 5.02 Å². The highest BCUT2D eigenvalue weighted by molar-refractivity contribution is 6.30. The van der Waals surface area contributed by atoms with Crippen LogP contribution in [0.3, 0.4) is 0 Å². The molecule has 0 bridgehead atoms. The summed E-state index contributed by atoms with van der Waals surface area (Å²) in [6.07, 6.45) is 5.79. The number of nitrogens with one attached hydrogen (secondary N) is 1. The van der Waals surface area contributed by atoms with Crippen LogP contribution in [0, 0.1) is 0 Å². The van der Waals surface area contributed by atoms with Crippen molar-refractivity contribution in [2.45, 2.75) is 50.8 Å². The molecule has 7 nitrogen and oxygen atoms in total. The number of benzene rings is 1. The van der Waals surface area contributed by atoms with Crippen molar-refractivity contribution in [3.8, 4) is 11.6 Å². The van der Waals surface area contributed by atoms with Crippen molar-refractivity contribution in [3.63, 3.8) is 0 Å². The number of fused-ring (bicyclic) bond motifs is 3. The normalized spacial score (nSPS) is 21.5. The fourth-order valence-electron chi connectivity index (χ4n) is 4.15. The van der Waals surface area contributed by atoms with Crippen LogP contribution >= 0.6 is 11.6 Å².